The van der Waals surface area contributed by atoms with Crippen LogP contribution >= 0.6 is 0 Å². The maximum atomic E-state index is 12.0. The minimum atomic E-state index is -3.44. The first-order valence-corrected chi connectivity index (χ1v) is 9.56. The first-order valence-electron chi connectivity index (χ1n) is 7.67. The van der Waals surface area contributed by atoms with Gasteiger partial charge in [-0.2, -0.15) is 0 Å². The number of benzene rings is 2. The van der Waals surface area contributed by atoms with Gasteiger partial charge in [-0.1, -0.05) is 42.5 Å². The molecule has 26 heavy (non-hydrogen) atoms. The highest BCUT2D eigenvalue weighted by atomic mass is 32.2. The first kappa shape index (κ1) is 19.2. The van der Waals surface area contributed by atoms with Gasteiger partial charge < -0.3 is 5.73 Å². The van der Waals surface area contributed by atoms with Gasteiger partial charge in [-0.25, -0.2) is 8.42 Å². The zero-order valence-corrected chi connectivity index (χ0v) is 15.2. The zero-order chi connectivity index (χ0) is 19.3. The van der Waals surface area contributed by atoms with Crippen LogP contribution in [0.3, 0.4) is 0 Å². The van der Waals surface area contributed by atoms with E-state index in [1.165, 1.54) is 0 Å². The highest BCUT2D eigenvalue weighted by Crippen LogP contribution is 2.32. The van der Waals surface area contributed by atoms with Crippen LogP contribution in [0.15, 0.2) is 54.1 Å². The van der Waals surface area contributed by atoms with Crippen LogP contribution in [0, 0.1) is 5.41 Å². The zero-order valence-electron chi connectivity index (χ0n) is 14.4. The van der Waals surface area contributed by atoms with Crippen LogP contribution in [0.4, 0.5) is 5.69 Å². The molecule has 0 radical (unpaired) electrons. The number of hydrogen-bond acceptors (Lipinski definition) is 4. The maximum absolute atomic E-state index is 12.0. The molecular weight excluding hydrogens is 352 g/mol. The molecular formula is C18H20N4O3S. The molecule has 0 aliphatic carbocycles. The number of rotatable bonds is 5. The van der Waals surface area contributed by atoms with Gasteiger partial charge in [-0.05, 0) is 30.2 Å². The molecule has 0 heterocycles. The van der Waals surface area contributed by atoms with E-state index in [0.29, 0.717) is 16.8 Å². The summed E-state index contributed by atoms with van der Waals surface area (Å²) in [7, 11) is -3.44. The molecule has 0 saturated heterocycles. The third-order valence-electron chi connectivity index (χ3n) is 3.45. The lowest BCUT2D eigenvalue weighted by atomic mass is 9.97. The summed E-state index contributed by atoms with van der Waals surface area (Å²) in [6.45, 7) is 1.61. The Labute approximate surface area is 152 Å². The Hall–Kier alpha value is -3.13. The second-order valence-electron chi connectivity index (χ2n) is 5.70. The molecule has 0 aromatic heterocycles. The summed E-state index contributed by atoms with van der Waals surface area (Å²) in [6, 6.07) is 14.3. The standard InChI is InChI=1S/C18H20N4O3S/c1-12(17(23)21-18(19)20)11-13-7-3-4-8-14(13)15-9-5-6-10-16(15)22-26(2,24)25/h3-11,22H,1-2H3,(H4,19,20,21,23)/b12-11+. The van der Waals surface area contributed by atoms with Crippen molar-refractivity contribution in [2.24, 2.45) is 5.73 Å². The Bertz CT molecular complexity index is 981. The molecule has 0 aliphatic heterocycles. The van der Waals surface area contributed by atoms with Crippen LogP contribution in [0.25, 0.3) is 17.2 Å². The minimum absolute atomic E-state index is 0.362. The van der Waals surface area contributed by atoms with E-state index in [1.54, 1.807) is 37.3 Å². The summed E-state index contributed by atoms with van der Waals surface area (Å²) in [5.74, 6) is -0.909. The molecule has 2 aromatic carbocycles. The summed E-state index contributed by atoms with van der Waals surface area (Å²) < 4.78 is 25.8. The summed E-state index contributed by atoms with van der Waals surface area (Å²) in [6.07, 6.45) is 2.75. The van der Waals surface area contributed by atoms with Crippen LogP contribution in [-0.2, 0) is 14.8 Å². The molecule has 0 bridgehead atoms. The van der Waals surface area contributed by atoms with E-state index in [-0.39, 0.29) is 0 Å². The summed E-state index contributed by atoms with van der Waals surface area (Å²) >= 11 is 0. The predicted octanol–water partition coefficient (Wildman–Crippen LogP) is 2.14. The summed E-state index contributed by atoms with van der Waals surface area (Å²) in [5.41, 5.74) is 8.16. The molecule has 1 amide bonds. The topological polar surface area (TPSA) is 125 Å². The Morgan fingerprint density at radius 2 is 1.65 bits per heavy atom. The molecule has 2 rings (SSSR count). The average molecular weight is 372 g/mol. The van der Waals surface area contributed by atoms with Crippen molar-refractivity contribution < 1.29 is 13.2 Å². The van der Waals surface area contributed by atoms with Crippen LogP contribution < -0.4 is 15.8 Å². The lowest BCUT2D eigenvalue weighted by molar-refractivity contribution is -0.116. The molecule has 7 nitrogen and oxygen atoms in total. The number of carbonyl (C=O) groups excluding carboxylic acids is 1. The molecule has 5 N–H and O–H groups in total. The van der Waals surface area contributed by atoms with Gasteiger partial charge in [0.1, 0.15) is 0 Å². The minimum Gasteiger partial charge on any atom is -0.370 e. The molecule has 0 spiro atoms. The van der Waals surface area contributed by atoms with Gasteiger partial charge in [0.15, 0.2) is 5.96 Å². The molecule has 0 unspecified atom stereocenters. The fourth-order valence-corrected chi connectivity index (χ4v) is 2.97. The number of sulfonamides is 1. The van der Waals surface area contributed by atoms with Crippen LogP contribution in [0.1, 0.15) is 12.5 Å². The number of nitrogens with one attached hydrogen (secondary N) is 3. The number of anilines is 1. The summed E-state index contributed by atoms with van der Waals surface area (Å²) in [4.78, 5) is 12.0. The van der Waals surface area contributed by atoms with E-state index in [9.17, 15) is 13.2 Å². The molecule has 0 atom stereocenters. The molecule has 136 valence electrons. The Morgan fingerprint density at radius 3 is 2.27 bits per heavy atom. The SMILES string of the molecule is C/C(=C\c1ccccc1-c1ccccc1NS(C)(=O)=O)C(=O)NC(=N)N. The van der Waals surface area contributed by atoms with E-state index in [4.69, 9.17) is 11.1 Å². The van der Waals surface area contributed by atoms with Gasteiger partial charge in [0, 0.05) is 11.1 Å². The predicted molar refractivity (Wildman–Crippen MR) is 104 cm³/mol. The van der Waals surface area contributed by atoms with Crippen molar-refractivity contribution in [2.45, 2.75) is 6.92 Å². The van der Waals surface area contributed by atoms with E-state index in [2.05, 4.69) is 10.0 Å². The number of guanidine groups is 1. The molecule has 0 aliphatic rings. The second kappa shape index (κ2) is 7.83. The highest BCUT2D eigenvalue weighted by Gasteiger charge is 2.12. The van der Waals surface area contributed by atoms with Gasteiger partial charge in [0.25, 0.3) is 5.91 Å². The highest BCUT2D eigenvalue weighted by molar-refractivity contribution is 7.92. The average Bonchev–Trinajstić information content (AvgIpc) is 2.54. The monoisotopic (exact) mass is 372 g/mol. The number of hydrogen-bond donors (Lipinski definition) is 4. The van der Waals surface area contributed by atoms with Crippen LogP contribution in [0.5, 0.6) is 0 Å². The first-order chi connectivity index (χ1) is 12.2. The molecule has 0 saturated carbocycles. The van der Waals surface area contributed by atoms with Crippen molar-refractivity contribution in [2.75, 3.05) is 11.0 Å². The smallest absolute Gasteiger partial charge is 0.253 e. The fraction of sp³-hybridized carbons (Fsp3) is 0.111. The van der Waals surface area contributed by atoms with E-state index < -0.39 is 21.9 Å². The fourth-order valence-electron chi connectivity index (χ4n) is 2.39. The largest absolute Gasteiger partial charge is 0.370 e. The van der Waals surface area contributed by atoms with Gasteiger partial charge in [0.2, 0.25) is 10.0 Å². The van der Waals surface area contributed by atoms with E-state index in [1.807, 2.05) is 24.3 Å². The van der Waals surface area contributed by atoms with Crippen molar-refractivity contribution in [3.63, 3.8) is 0 Å². The lowest BCUT2D eigenvalue weighted by Crippen LogP contribution is -2.36. The van der Waals surface area contributed by atoms with Gasteiger partial charge in [0.05, 0.1) is 11.9 Å². The third kappa shape index (κ3) is 5.18. The quantitative estimate of drug-likeness (QED) is 0.364. The van der Waals surface area contributed by atoms with Crippen molar-refractivity contribution in [1.82, 2.24) is 5.32 Å². The lowest BCUT2D eigenvalue weighted by Gasteiger charge is -2.13. The van der Waals surface area contributed by atoms with E-state index in [0.717, 1.165) is 17.4 Å². The molecule has 8 heteroatoms. The van der Waals surface area contributed by atoms with Crippen LogP contribution in [-0.4, -0.2) is 26.5 Å². The van der Waals surface area contributed by atoms with Crippen molar-refractivity contribution in [3.8, 4) is 11.1 Å². The number of amides is 1. The number of para-hydroxylation sites is 1. The van der Waals surface area contributed by atoms with Crippen molar-refractivity contribution >= 4 is 33.7 Å². The van der Waals surface area contributed by atoms with Gasteiger partial charge >= 0.3 is 0 Å². The number of nitrogens with two attached hydrogens (primary N) is 1. The Kier molecular flexibility index (Phi) is 5.78. The summed E-state index contributed by atoms with van der Waals surface area (Å²) in [5, 5.41) is 9.37. The van der Waals surface area contributed by atoms with Crippen molar-refractivity contribution in [1.29, 1.82) is 5.41 Å². The van der Waals surface area contributed by atoms with Gasteiger partial charge in [-0.3, -0.25) is 20.2 Å². The third-order valence-corrected chi connectivity index (χ3v) is 4.04. The maximum Gasteiger partial charge on any atom is 0.253 e. The normalized spacial score (nSPS) is 11.7. The van der Waals surface area contributed by atoms with Gasteiger partial charge in [-0.15, -0.1) is 0 Å². The van der Waals surface area contributed by atoms with Crippen LogP contribution in [0.2, 0.25) is 0 Å². The Morgan fingerprint density at radius 1 is 1.08 bits per heavy atom. The van der Waals surface area contributed by atoms with Crippen molar-refractivity contribution in [3.05, 3.63) is 59.7 Å². The molecule has 0 fully saturated rings. The molecule has 2 aromatic rings. The van der Waals surface area contributed by atoms with E-state index >= 15 is 0 Å². The number of carbonyl (C=O) groups is 1. The Balaban J connectivity index is 2.51. The second-order valence-corrected chi connectivity index (χ2v) is 7.45.